The average Bonchev–Trinajstić information content (AvgIpc) is 2.99. The van der Waals surface area contributed by atoms with Gasteiger partial charge < -0.3 is 10.2 Å². The molecule has 0 fully saturated rings. The summed E-state index contributed by atoms with van der Waals surface area (Å²) in [5, 5.41) is 2.82. The van der Waals surface area contributed by atoms with E-state index in [0.717, 1.165) is 31.5 Å². The van der Waals surface area contributed by atoms with Crippen LogP contribution in [-0.2, 0) is 32.6 Å². The van der Waals surface area contributed by atoms with Crippen molar-refractivity contribution in [1.29, 1.82) is 0 Å². The summed E-state index contributed by atoms with van der Waals surface area (Å²) in [6.45, 7) is 3.24. The molecule has 0 bridgehead atoms. The number of amides is 2. The van der Waals surface area contributed by atoms with Crippen LogP contribution >= 0.6 is 15.9 Å². The lowest BCUT2D eigenvalue weighted by molar-refractivity contribution is -0.140. The third kappa shape index (κ3) is 8.09. The van der Waals surface area contributed by atoms with Crippen LogP contribution < -0.4 is 9.62 Å². The number of nitrogens with zero attached hydrogens (tertiary/aromatic N) is 2. The van der Waals surface area contributed by atoms with Crippen molar-refractivity contribution in [3.63, 3.8) is 0 Å². The molecule has 1 N–H and O–H groups in total. The predicted molar refractivity (Wildman–Crippen MR) is 169 cm³/mol. The van der Waals surface area contributed by atoms with Crippen LogP contribution in [0.3, 0.4) is 0 Å². The van der Waals surface area contributed by atoms with Gasteiger partial charge in [-0.3, -0.25) is 13.9 Å². The topological polar surface area (TPSA) is 86.8 Å². The molecule has 7 nitrogen and oxygen atoms in total. The number of hydrogen-bond acceptors (Lipinski definition) is 4. The Labute approximate surface area is 260 Å². The van der Waals surface area contributed by atoms with Crippen molar-refractivity contribution in [2.75, 3.05) is 17.4 Å². The Bertz CT molecular complexity index is 1670. The number of likely N-dealkylation sites (N-methyl/N-ethyl adjacent to an activating group) is 1. The van der Waals surface area contributed by atoms with Crippen LogP contribution in [0, 0.1) is 12.7 Å². The molecular weight excluding hydrogens is 633 g/mol. The van der Waals surface area contributed by atoms with Crippen molar-refractivity contribution < 1.29 is 22.4 Å². The average molecular weight is 667 g/mol. The second kappa shape index (κ2) is 14.4. The predicted octanol–water partition coefficient (Wildman–Crippen LogP) is 5.87. The second-order valence-corrected chi connectivity index (χ2v) is 12.8. The molecule has 0 aliphatic heterocycles. The summed E-state index contributed by atoms with van der Waals surface area (Å²) in [5.74, 6) is -1.84. The molecule has 0 aliphatic carbocycles. The molecule has 4 aromatic rings. The molecule has 0 aliphatic rings. The van der Waals surface area contributed by atoms with Crippen molar-refractivity contribution >= 4 is 43.5 Å². The van der Waals surface area contributed by atoms with Gasteiger partial charge in [-0.1, -0.05) is 88.2 Å². The van der Waals surface area contributed by atoms with Crippen LogP contribution in [0.1, 0.15) is 23.6 Å². The van der Waals surface area contributed by atoms with Gasteiger partial charge in [0.25, 0.3) is 10.0 Å². The maximum atomic E-state index is 15.2. The lowest BCUT2D eigenvalue weighted by Crippen LogP contribution is -2.53. The summed E-state index contributed by atoms with van der Waals surface area (Å²) in [7, 11) is -4.38. The lowest BCUT2D eigenvalue weighted by Gasteiger charge is -2.34. The first-order chi connectivity index (χ1) is 20.6. The molecular formula is C33H33BrFN3O4S. The van der Waals surface area contributed by atoms with Crippen molar-refractivity contribution in [3.8, 4) is 0 Å². The van der Waals surface area contributed by atoms with E-state index in [1.54, 1.807) is 19.1 Å². The summed E-state index contributed by atoms with van der Waals surface area (Å²) in [4.78, 5) is 29.1. The first-order valence-electron chi connectivity index (χ1n) is 13.8. The molecule has 0 unspecified atom stereocenters. The van der Waals surface area contributed by atoms with Gasteiger partial charge in [-0.05, 0) is 61.4 Å². The Morgan fingerprint density at radius 2 is 1.53 bits per heavy atom. The first-order valence-corrected chi connectivity index (χ1v) is 16.0. The molecule has 2 amide bonds. The maximum absolute atomic E-state index is 15.2. The van der Waals surface area contributed by atoms with E-state index in [1.807, 2.05) is 61.5 Å². The van der Waals surface area contributed by atoms with E-state index in [2.05, 4.69) is 21.2 Å². The summed E-state index contributed by atoms with van der Waals surface area (Å²) >= 11 is 3.46. The Hall–Kier alpha value is -4.02. The highest BCUT2D eigenvalue weighted by Crippen LogP contribution is 2.27. The fourth-order valence-corrected chi connectivity index (χ4v) is 6.55. The van der Waals surface area contributed by atoms with E-state index < -0.39 is 34.3 Å². The Morgan fingerprint density at radius 3 is 2.19 bits per heavy atom. The van der Waals surface area contributed by atoms with Gasteiger partial charge in [0, 0.05) is 24.0 Å². The molecule has 0 saturated carbocycles. The third-order valence-electron chi connectivity index (χ3n) is 6.87. The Morgan fingerprint density at radius 1 is 0.884 bits per heavy atom. The van der Waals surface area contributed by atoms with E-state index in [9.17, 15) is 18.0 Å². The molecule has 0 saturated heterocycles. The van der Waals surface area contributed by atoms with E-state index in [4.69, 9.17) is 0 Å². The van der Waals surface area contributed by atoms with Gasteiger partial charge in [0.1, 0.15) is 18.4 Å². The second-order valence-electron chi connectivity index (χ2n) is 10.0. The zero-order valence-corrected chi connectivity index (χ0v) is 26.3. The molecule has 0 radical (unpaired) electrons. The first kappa shape index (κ1) is 31.9. The van der Waals surface area contributed by atoms with Crippen LogP contribution in [0.5, 0.6) is 0 Å². The molecule has 224 valence electrons. The van der Waals surface area contributed by atoms with E-state index in [1.165, 1.54) is 35.2 Å². The van der Waals surface area contributed by atoms with E-state index in [-0.39, 0.29) is 29.5 Å². The van der Waals surface area contributed by atoms with Crippen LogP contribution in [0.15, 0.2) is 112 Å². The highest BCUT2D eigenvalue weighted by molar-refractivity contribution is 9.10. The van der Waals surface area contributed by atoms with Gasteiger partial charge in [0.2, 0.25) is 11.8 Å². The minimum atomic E-state index is -4.38. The number of aryl methyl sites for hydroxylation is 1. The number of anilines is 1. The highest BCUT2D eigenvalue weighted by Gasteiger charge is 2.35. The van der Waals surface area contributed by atoms with E-state index in [0.29, 0.717) is 6.54 Å². The Balaban J connectivity index is 1.80. The minimum Gasteiger partial charge on any atom is -0.355 e. The largest absolute Gasteiger partial charge is 0.355 e. The van der Waals surface area contributed by atoms with E-state index >= 15 is 4.39 Å². The monoisotopic (exact) mass is 665 g/mol. The fraction of sp³-hybridized carbons (Fsp3) is 0.212. The van der Waals surface area contributed by atoms with Crippen LogP contribution in [0.4, 0.5) is 10.1 Å². The number of rotatable bonds is 12. The minimum absolute atomic E-state index is 0.0165. The van der Waals surface area contributed by atoms with Crippen molar-refractivity contribution in [3.05, 3.63) is 130 Å². The number of para-hydroxylation sites is 1. The van der Waals surface area contributed by atoms with Crippen molar-refractivity contribution in [2.24, 2.45) is 0 Å². The summed E-state index contributed by atoms with van der Waals surface area (Å²) in [6, 6.07) is 27.1. The van der Waals surface area contributed by atoms with Crippen LogP contribution in [0.25, 0.3) is 0 Å². The number of sulfonamides is 1. The quantitative estimate of drug-likeness (QED) is 0.205. The van der Waals surface area contributed by atoms with Crippen molar-refractivity contribution in [1.82, 2.24) is 10.2 Å². The molecule has 0 aromatic heterocycles. The standard InChI is InChI=1S/C33H33BrFN3O4S/c1-3-36-33(40)31(21-25-10-5-4-6-11-25)37(22-26-12-9-13-27(34)20-26)32(39)23-38(30-15-8-7-14-29(30)35)43(41,42)28-18-16-24(2)17-19-28/h4-20,31H,3,21-23H2,1-2H3,(H,36,40)/t31-/m0/s1. The van der Waals surface area contributed by atoms with Gasteiger partial charge >= 0.3 is 0 Å². The van der Waals surface area contributed by atoms with Gasteiger partial charge in [0.15, 0.2) is 0 Å². The molecule has 0 spiro atoms. The molecule has 4 aromatic carbocycles. The SMILES string of the molecule is CCNC(=O)[C@H](Cc1ccccc1)N(Cc1cccc(Br)c1)C(=O)CN(c1ccccc1F)S(=O)(=O)c1ccc(C)cc1. The Kier molecular flexibility index (Phi) is 10.7. The normalized spacial score (nSPS) is 11.9. The summed E-state index contributed by atoms with van der Waals surface area (Å²) < 4.78 is 44.6. The number of benzene rings is 4. The smallest absolute Gasteiger partial charge is 0.264 e. The fourth-order valence-electron chi connectivity index (χ4n) is 4.68. The zero-order chi connectivity index (χ0) is 31.0. The molecule has 10 heteroatoms. The summed E-state index contributed by atoms with van der Waals surface area (Å²) in [5.41, 5.74) is 2.13. The lowest BCUT2D eigenvalue weighted by atomic mass is 10.0. The third-order valence-corrected chi connectivity index (χ3v) is 9.14. The number of carbonyl (C=O) groups is 2. The molecule has 0 heterocycles. The van der Waals surface area contributed by atoms with Gasteiger partial charge in [-0.15, -0.1) is 0 Å². The molecule has 4 rings (SSSR count). The molecule has 43 heavy (non-hydrogen) atoms. The summed E-state index contributed by atoms with van der Waals surface area (Å²) in [6.07, 6.45) is 0.191. The number of halogens is 2. The van der Waals surface area contributed by atoms with Gasteiger partial charge in [0.05, 0.1) is 10.6 Å². The zero-order valence-electron chi connectivity index (χ0n) is 23.9. The van der Waals surface area contributed by atoms with Gasteiger partial charge in [-0.2, -0.15) is 0 Å². The molecule has 1 atom stereocenters. The number of carbonyl (C=O) groups excluding carboxylic acids is 2. The maximum Gasteiger partial charge on any atom is 0.264 e. The highest BCUT2D eigenvalue weighted by atomic mass is 79.9. The van der Waals surface area contributed by atoms with Gasteiger partial charge in [-0.25, -0.2) is 12.8 Å². The number of hydrogen-bond donors (Lipinski definition) is 1. The van der Waals surface area contributed by atoms with Crippen molar-refractivity contribution in [2.45, 2.75) is 37.8 Å². The van der Waals surface area contributed by atoms with Crippen LogP contribution in [0.2, 0.25) is 0 Å². The number of nitrogens with one attached hydrogen (secondary N) is 1. The van der Waals surface area contributed by atoms with Crippen LogP contribution in [-0.4, -0.2) is 44.3 Å².